The molecule has 0 aliphatic heterocycles. The van der Waals surface area contributed by atoms with Crippen LogP contribution in [0, 0.1) is 9.81 Å². The highest BCUT2D eigenvalue weighted by molar-refractivity contribution is 14.1. The minimum absolute atomic E-state index is 0.998. The van der Waals surface area contributed by atoms with Gasteiger partial charge in [-0.3, -0.25) is 0 Å². The predicted octanol–water partition coefficient (Wildman–Crippen LogP) is 3.41. The third-order valence-corrected chi connectivity index (χ3v) is 3.12. The molecular weight excluding hydrogens is 259 g/mol. The Hall–Kier alpha value is -0.0300. The van der Waals surface area contributed by atoms with Crippen molar-refractivity contribution in [2.24, 2.45) is 0 Å². The molecule has 0 saturated heterocycles. The van der Waals surface area contributed by atoms with Gasteiger partial charge in [-0.1, -0.05) is 0 Å². The average molecular weight is 264 g/mol. The number of rotatable bonds is 0. The van der Waals surface area contributed by atoms with Crippen molar-refractivity contribution in [1.29, 1.82) is 0 Å². The molecule has 1 nitrogen and oxygen atoms in total. The molecule has 0 fully saturated rings. The number of aryl methyl sites for hydroxylation is 1. The van der Waals surface area contributed by atoms with Crippen LogP contribution >= 0.6 is 33.9 Å². The lowest BCUT2D eigenvalue weighted by Gasteiger charge is -1.75. The van der Waals surface area contributed by atoms with E-state index in [1.807, 2.05) is 6.92 Å². The highest BCUT2D eigenvalue weighted by atomic mass is 127. The van der Waals surface area contributed by atoms with E-state index in [2.05, 4.69) is 34.7 Å². The Morgan fingerprint density at radius 2 is 2.30 bits per heavy atom. The summed E-state index contributed by atoms with van der Waals surface area (Å²) in [7, 11) is 0. The van der Waals surface area contributed by atoms with Crippen LogP contribution in [0.4, 0.5) is 0 Å². The normalized spacial score (nSPS) is 11.0. The quantitative estimate of drug-likeness (QED) is 0.664. The van der Waals surface area contributed by atoms with Crippen LogP contribution in [-0.4, -0.2) is 0 Å². The number of furan rings is 1. The lowest BCUT2D eigenvalue weighted by molar-refractivity contribution is 0.579. The molecule has 2 aromatic rings. The minimum Gasteiger partial charge on any atom is -0.460 e. The van der Waals surface area contributed by atoms with Crippen LogP contribution in [0.1, 0.15) is 5.76 Å². The van der Waals surface area contributed by atoms with Gasteiger partial charge in [-0.15, -0.1) is 11.3 Å². The van der Waals surface area contributed by atoms with Crippen LogP contribution in [-0.2, 0) is 0 Å². The van der Waals surface area contributed by atoms with Crippen molar-refractivity contribution in [2.75, 3.05) is 0 Å². The first kappa shape index (κ1) is 6.67. The van der Waals surface area contributed by atoms with Gasteiger partial charge >= 0.3 is 0 Å². The summed E-state index contributed by atoms with van der Waals surface area (Å²) in [6.45, 7) is 1.97. The maximum absolute atomic E-state index is 5.39. The fourth-order valence-electron chi connectivity index (χ4n) is 0.927. The summed E-state index contributed by atoms with van der Waals surface area (Å²) in [5, 5.41) is 0. The molecule has 0 radical (unpaired) electrons. The Bertz CT molecular complexity index is 297. The van der Waals surface area contributed by atoms with Crippen LogP contribution in [0.15, 0.2) is 16.5 Å². The van der Waals surface area contributed by atoms with Crippen LogP contribution in [0.5, 0.6) is 0 Å². The fraction of sp³-hybridized carbons (Fsp3) is 0.143. The Kier molecular flexibility index (Phi) is 1.49. The summed E-state index contributed by atoms with van der Waals surface area (Å²) < 4.78 is 7.93. The Morgan fingerprint density at radius 1 is 1.50 bits per heavy atom. The van der Waals surface area contributed by atoms with E-state index >= 15 is 0 Å². The van der Waals surface area contributed by atoms with Crippen LogP contribution in [0.25, 0.3) is 10.3 Å². The zero-order valence-corrected chi connectivity index (χ0v) is 8.32. The molecule has 0 atom stereocenters. The first-order valence-electron chi connectivity index (χ1n) is 2.91. The molecule has 0 unspecified atom stereocenters. The van der Waals surface area contributed by atoms with Gasteiger partial charge in [-0.05, 0) is 35.6 Å². The molecule has 0 N–H and O–H groups in total. The van der Waals surface area contributed by atoms with Gasteiger partial charge in [-0.25, -0.2) is 0 Å². The zero-order valence-electron chi connectivity index (χ0n) is 5.35. The van der Waals surface area contributed by atoms with Crippen molar-refractivity contribution in [2.45, 2.75) is 6.92 Å². The van der Waals surface area contributed by atoms with Gasteiger partial charge in [0.25, 0.3) is 0 Å². The number of thiophene rings is 1. The standard InChI is InChI=1S/C7H5IOS/c1-4-2-6-5(9-4)3-7(8)10-6/h2-3H,1H3. The second kappa shape index (κ2) is 2.23. The lowest BCUT2D eigenvalue weighted by Crippen LogP contribution is -1.53. The summed E-state index contributed by atoms with van der Waals surface area (Å²) in [4.78, 5) is 0. The van der Waals surface area contributed by atoms with Gasteiger partial charge in [0.15, 0.2) is 0 Å². The maximum Gasteiger partial charge on any atom is 0.146 e. The van der Waals surface area contributed by atoms with Crippen molar-refractivity contribution in [3.8, 4) is 0 Å². The molecule has 0 spiro atoms. The number of halogens is 1. The van der Waals surface area contributed by atoms with E-state index in [0.717, 1.165) is 11.3 Å². The van der Waals surface area contributed by atoms with E-state index in [1.54, 1.807) is 11.3 Å². The largest absolute Gasteiger partial charge is 0.460 e. The van der Waals surface area contributed by atoms with Gasteiger partial charge in [0.05, 0.1) is 7.58 Å². The molecule has 2 rings (SSSR count). The fourth-order valence-corrected chi connectivity index (χ4v) is 2.72. The van der Waals surface area contributed by atoms with E-state index in [9.17, 15) is 0 Å². The molecule has 52 valence electrons. The first-order valence-corrected chi connectivity index (χ1v) is 4.81. The summed E-state index contributed by atoms with van der Waals surface area (Å²) in [5.41, 5.74) is 1.02. The molecule has 2 heterocycles. The number of hydrogen-bond donors (Lipinski definition) is 0. The molecule has 10 heavy (non-hydrogen) atoms. The molecule has 0 aromatic carbocycles. The maximum atomic E-state index is 5.39. The highest BCUT2D eigenvalue weighted by Gasteiger charge is 2.02. The Balaban J connectivity index is 2.83. The second-order valence-corrected chi connectivity index (χ2v) is 5.11. The van der Waals surface area contributed by atoms with Crippen LogP contribution in [0.3, 0.4) is 0 Å². The van der Waals surface area contributed by atoms with E-state index in [-0.39, 0.29) is 0 Å². The van der Waals surface area contributed by atoms with Gasteiger partial charge in [-0.2, -0.15) is 0 Å². The van der Waals surface area contributed by atoms with Gasteiger partial charge in [0.1, 0.15) is 11.3 Å². The average Bonchev–Trinajstić information content (AvgIpc) is 2.21. The van der Waals surface area contributed by atoms with Crippen LogP contribution < -0.4 is 0 Å². The third kappa shape index (κ3) is 0.971. The van der Waals surface area contributed by atoms with E-state index < -0.39 is 0 Å². The summed E-state index contributed by atoms with van der Waals surface area (Å²) in [6.07, 6.45) is 0. The molecule has 0 bridgehead atoms. The smallest absolute Gasteiger partial charge is 0.146 e. The van der Waals surface area contributed by atoms with Crippen molar-refractivity contribution < 1.29 is 4.42 Å². The summed E-state index contributed by atoms with van der Waals surface area (Å²) in [6, 6.07) is 4.13. The van der Waals surface area contributed by atoms with Crippen molar-refractivity contribution >= 4 is 44.2 Å². The number of fused-ring (bicyclic) bond motifs is 1. The van der Waals surface area contributed by atoms with E-state index in [1.165, 1.54) is 7.58 Å². The summed E-state index contributed by atoms with van der Waals surface area (Å²) in [5.74, 6) is 0.998. The molecule has 0 saturated carbocycles. The topological polar surface area (TPSA) is 13.1 Å². The van der Waals surface area contributed by atoms with E-state index in [4.69, 9.17) is 4.42 Å². The van der Waals surface area contributed by atoms with Crippen molar-refractivity contribution in [3.05, 3.63) is 20.8 Å². The lowest BCUT2D eigenvalue weighted by atomic mass is 10.5. The SMILES string of the molecule is Cc1cc2sc(I)cc2o1. The van der Waals surface area contributed by atoms with Gasteiger partial charge in [0, 0.05) is 6.07 Å². The van der Waals surface area contributed by atoms with Gasteiger partial charge in [0.2, 0.25) is 0 Å². The molecular formula is C7H5IOS. The first-order chi connectivity index (χ1) is 4.75. The highest BCUT2D eigenvalue weighted by Crippen LogP contribution is 2.28. The number of hydrogen-bond acceptors (Lipinski definition) is 2. The summed E-state index contributed by atoms with van der Waals surface area (Å²) >= 11 is 4.07. The predicted molar refractivity (Wildman–Crippen MR) is 51.5 cm³/mol. The second-order valence-electron chi connectivity index (χ2n) is 2.14. The Morgan fingerprint density at radius 3 is 3.00 bits per heavy atom. The van der Waals surface area contributed by atoms with E-state index in [0.29, 0.717) is 0 Å². The monoisotopic (exact) mass is 264 g/mol. The third-order valence-electron chi connectivity index (χ3n) is 1.30. The Labute approximate surface area is 76.2 Å². The molecule has 0 aliphatic carbocycles. The van der Waals surface area contributed by atoms with Crippen molar-refractivity contribution in [1.82, 2.24) is 0 Å². The van der Waals surface area contributed by atoms with Gasteiger partial charge < -0.3 is 4.42 Å². The molecule has 3 heteroatoms. The minimum atomic E-state index is 0.998. The van der Waals surface area contributed by atoms with Crippen molar-refractivity contribution in [3.63, 3.8) is 0 Å². The molecule has 2 aromatic heterocycles. The molecule has 0 aliphatic rings. The zero-order chi connectivity index (χ0) is 7.14. The van der Waals surface area contributed by atoms with Crippen LogP contribution in [0.2, 0.25) is 0 Å². The molecule has 0 amide bonds.